The van der Waals surface area contributed by atoms with Gasteiger partial charge in [0.2, 0.25) is 6.10 Å². The Balaban J connectivity index is 2.10. The fourth-order valence-electron chi connectivity index (χ4n) is 2.36. The molecular weight excluding hydrogens is 396 g/mol. The monoisotopic (exact) mass is 404 g/mol. The second-order valence-corrected chi connectivity index (χ2v) is 6.13. The van der Waals surface area contributed by atoms with Crippen molar-refractivity contribution in [2.24, 2.45) is 0 Å². The van der Waals surface area contributed by atoms with Gasteiger partial charge in [-0.05, 0) is 42.5 Å². The van der Waals surface area contributed by atoms with Crippen LogP contribution in [0, 0.1) is 0 Å². The Hall–Kier alpha value is -2.38. The second-order valence-electron chi connectivity index (χ2n) is 5.29. The zero-order chi connectivity index (χ0) is 19.1. The Labute approximate surface area is 155 Å². The molecule has 0 aromatic heterocycles. The molecule has 1 atom stereocenters. The molecular formula is C17H9Cl2F3O4. The van der Waals surface area contributed by atoms with Gasteiger partial charge in [-0.1, -0.05) is 23.2 Å². The van der Waals surface area contributed by atoms with E-state index in [4.69, 9.17) is 37.8 Å². The fraction of sp³-hybridized carbons (Fsp3) is 0.118. The summed E-state index contributed by atoms with van der Waals surface area (Å²) in [5, 5.41) is 9.68. The molecule has 1 aliphatic heterocycles. The number of carbonyl (C=O) groups is 1. The number of benzene rings is 2. The molecule has 0 bridgehead atoms. The smallest absolute Gasteiger partial charge is 0.430 e. The van der Waals surface area contributed by atoms with Gasteiger partial charge < -0.3 is 14.6 Å². The van der Waals surface area contributed by atoms with Crippen LogP contribution in [-0.2, 0) is 4.79 Å². The Kier molecular flexibility index (Phi) is 4.77. The van der Waals surface area contributed by atoms with E-state index in [-0.39, 0.29) is 22.1 Å². The molecule has 0 aliphatic carbocycles. The highest BCUT2D eigenvalue weighted by Gasteiger charge is 2.48. The number of halogens is 5. The van der Waals surface area contributed by atoms with Crippen molar-refractivity contribution in [2.45, 2.75) is 12.3 Å². The molecule has 0 amide bonds. The van der Waals surface area contributed by atoms with Gasteiger partial charge in [0.25, 0.3) is 0 Å². The number of carboxylic acid groups (broad SMARTS) is 1. The third-order valence-electron chi connectivity index (χ3n) is 3.51. The highest BCUT2D eigenvalue weighted by Crippen LogP contribution is 2.45. The predicted octanol–water partition coefficient (Wildman–Crippen LogP) is 5.58. The van der Waals surface area contributed by atoms with Gasteiger partial charge in [-0.15, -0.1) is 0 Å². The van der Waals surface area contributed by atoms with Crippen LogP contribution in [0.1, 0.15) is 5.56 Å². The zero-order valence-corrected chi connectivity index (χ0v) is 14.2. The van der Waals surface area contributed by atoms with Gasteiger partial charge in [0, 0.05) is 5.02 Å². The number of alkyl halides is 3. The Morgan fingerprint density at radius 3 is 2.35 bits per heavy atom. The van der Waals surface area contributed by atoms with Gasteiger partial charge in [-0.2, -0.15) is 13.2 Å². The van der Waals surface area contributed by atoms with Gasteiger partial charge in [0.15, 0.2) is 5.75 Å². The maximum atomic E-state index is 13.1. The summed E-state index contributed by atoms with van der Waals surface area (Å²) in [7, 11) is 0. The topological polar surface area (TPSA) is 55.8 Å². The highest BCUT2D eigenvalue weighted by atomic mass is 35.5. The summed E-state index contributed by atoms with van der Waals surface area (Å²) < 4.78 is 49.8. The van der Waals surface area contributed by atoms with Gasteiger partial charge >= 0.3 is 12.1 Å². The number of fused-ring (bicyclic) bond motifs is 1. The quantitative estimate of drug-likeness (QED) is 0.725. The fourth-order valence-corrected chi connectivity index (χ4v) is 2.69. The van der Waals surface area contributed by atoms with Crippen molar-refractivity contribution < 1.29 is 32.5 Å². The average Bonchev–Trinajstić information content (AvgIpc) is 2.57. The van der Waals surface area contributed by atoms with Gasteiger partial charge in [-0.3, -0.25) is 0 Å². The van der Waals surface area contributed by atoms with Crippen LogP contribution in [0.2, 0.25) is 10.0 Å². The van der Waals surface area contributed by atoms with Crippen molar-refractivity contribution >= 4 is 35.2 Å². The first-order valence-corrected chi connectivity index (χ1v) is 7.86. The van der Waals surface area contributed by atoms with Crippen molar-refractivity contribution in [2.75, 3.05) is 0 Å². The lowest BCUT2D eigenvalue weighted by atomic mass is 10.0. The van der Waals surface area contributed by atoms with Gasteiger partial charge in [-0.25, -0.2) is 4.79 Å². The molecule has 1 N–H and O–H groups in total. The molecule has 2 aromatic carbocycles. The molecule has 26 heavy (non-hydrogen) atoms. The highest BCUT2D eigenvalue weighted by molar-refractivity contribution is 6.32. The number of ether oxygens (including phenoxy) is 2. The first-order valence-electron chi connectivity index (χ1n) is 7.11. The van der Waals surface area contributed by atoms with Crippen molar-refractivity contribution in [3.05, 3.63) is 57.6 Å². The standard InChI is InChI=1S/C17H9Cl2F3O4/c18-8-1-3-9(4-2-8)25-14-10-7-11(16(23)24)15(17(20,21)22)26-13(10)6-5-12(14)19/h1-7,15H,(H,23,24). The summed E-state index contributed by atoms with van der Waals surface area (Å²) in [6, 6.07) is 8.69. The first-order chi connectivity index (χ1) is 12.2. The van der Waals surface area contributed by atoms with Crippen LogP contribution in [0.5, 0.6) is 17.2 Å². The SMILES string of the molecule is O=C(O)C1=Cc2c(ccc(Cl)c2Oc2ccc(Cl)cc2)OC1C(F)(F)F. The number of rotatable bonds is 3. The van der Waals surface area contributed by atoms with E-state index in [0.717, 1.165) is 6.08 Å². The van der Waals surface area contributed by atoms with Crippen molar-refractivity contribution in [1.82, 2.24) is 0 Å². The predicted molar refractivity (Wildman–Crippen MR) is 89.1 cm³/mol. The van der Waals surface area contributed by atoms with Crippen LogP contribution < -0.4 is 9.47 Å². The third kappa shape index (κ3) is 3.59. The summed E-state index contributed by atoms with van der Waals surface area (Å²) >= 11 is 11.9. The minimum atomic E-state index is -4.89. The molecule has 1 heterocycles. The molecule has 9 heteroatoms. The zero-order valence-electron chi connectivity index (χ0n) is 12.7. The maximum Gasteiger partial charge on any atom is 0.430 e. The average molecular weight is 405 g/mol. The first kappa shape index (κ1) is 18.4. The molecule has 136 valence electrons. The van der Waals surface area contributed by atoms with E-state index in [1.54, 1.807) is 12.1 Å². The van der Waals surface area contributed by atoms with Crippen LogP contribution in [0.25, 0.3) is 6.08 Å². The molecule has 2 aromatic rings. The van der Waals surface area contributed by atoms with E-state index in [9.17, 15) is 18.0 Å². The lowest BCUT2D eigenvalue weighted by Crippen LogP contribution is -2.40. The van der Waals surface area contributed by atoms with Crippen LogP contribution in [-0.4, -0.2) is 23.4 Å². The molecule has 4 nitrogen and oxygen atoms in total. The van der Waals surface area contributed by atoms with E-state index >= 15 is 0 Å². The van der Waals surface area contributed by atoms with Crippen molar-refractivity contribution in [3.8, 4) is 17.2 Å². The van der Waals surface area contributed by atoms with Gasteiger partial charge in [0.05, 0.1) is 16.2 Å². The lowest BCUT2D eigenvalue weighted by Gasteiger charge is -2.28. The van der Waals surface area contributed by atoms with Crippen molar-refractivity contribution in [1.29, 1.82) is 0 Å². The molecule has 0 spiro atoms. The summed E-state index contributed by atoms with van der Waals surface area (Å²) in [5.74, 6) is -1.65. The summed E-state index contributed by atoms with van der Waals surface area (Å²) in [6.07, 6.45) is -6.62. The van der Waals surface area contributed by atoms with E-state index in [0.29, 0.717) is 10.8 Å². The Morgan fingerprint density at radius 2 is 1.77 bits per heavy atom. The van der Waals surface area contributed by atoms with Gasteiger partial charge in [0.1, 0.15) is 11.5 Å². The second kappa shape index (κ2) is 6.74. The van der Waals surface area contributed by atoms with E-state index < -0.39 is 23.8 Å². The van der Waals surface area contributed by atoms with Crippen LogP contribution in [0.3, 0.4) is 0 Å². The largest absolute Gasteiger partial charge is 0.478 e. The van der Waals surface area contributed by atoms with Crippen LogP contribution in [0.15, 0.2) is 42.0 Å². The number of hydrogen-bond donors (Lipinski definition) is 1. The van der Waals surface area contributed by atoms with E-state index in [2.05, 4.69) is 0 Å². The molecule has 0 saturated carbocycles. The van der Waals surface area contributed by atoms with Crippen LogP contribution in [0.4, 0.5) is 13.2 Å². The number of carboxylic acids is 1. The van der Waals surface area contributed by atoms with Crippen LogP contribution >= 0.6 is 23.2 Å². The minimum Gasteiger partial charge on any atom is -0.478 e. The summed E-state index contributed by atoms with van der Waals surface area (Å²) in [5.41, 5.74) is -0.960. The van der Waals surface area contributed by atoms with E-state index in [1.807, 2.05) is 0 Å². The number of hydrogen-bond acceptors (Lipinski definition) is 3. The third-order valence-corrected chi connectivity index (χ3v) is 4.06. The summed E-state index contributed by atoms with van der Waals surface area (Å²) in [6.45, 7) is 0. The number of aliphatic carboxylic acids is 1. The van der Waals surface area contributed by atoms with E-state index in [1.165, 1.54) is 24.3 Å². The molecule has 3 rings (SSSR count). The molecule has 0 radical (unpaired) electrons. The Bertz CT molecular complexity index is 892. The molecule has 1 aliphatic rings. The van der Waals surface area contributed by atoms with Crippen molar-refractivity contribution in [3.63, 3.8) is 0 Å². The maximum absolute atomic E-state index is 13.1. The lowest BCUT2D eigenvalue weighted by molar-refractivity contribution is -0.187. The molecule has 0 fully saturated rings. The normalized spacial score (nSPS) is 16.3. The Morgan fingerprint density at radius 1 is 1.12 bits per heavy atom. The molecule has 1 unspecified atom stereocenters. The summed E-state index contributed by atoms with van der Waals surface area (Å²) in [4.78, 5) is 11.3. The molecule has 0 saturated heterocycles. The minimum absolute atomic E-state index is 0.00495.